The Morgan fingerprint density at radius 1 is 1.03 bits per heavy atom. The molecule has 4 rings (SSSR count). The Kier molecular flexibility index (Phi) is 8.00. The number of nitrogens with zero attached hydrogens (tertiary/aromatic N) is 3. The molecule has 0 aliphatic heterocycles. The standard InChI is InChI=1S/C23H14BrCl3N4O5/c24-13-1-3-21(18(26)7-13)35-12-30-6-5-20(29-30)23(32)28-15-9-16(31(33)34)11-17(10-15)36-22-4-2-14(25)8-19(22)27/h1-11H,12H2,(H,28,32). The quantitative estimate of drug-likeness (QED) is 0.162. The van der Waals surface area contributed by atoms with E-state index < -0.39 is 10.8 Å². The molecule has 9 nitrogen and oxygen atoms in total. The number of anilines is 1. The summed E-state index contributed by atoms with van der Waals surface area (Å²) in [6, 6.07) is 15.0. The van der Waals surface area contributed by atoms with Crippen LogP contribution in [-0.4, -0.2) is 20.6 Å². The number of rotatable bonds is 8. The number of aromatic nitrogens is 2. The first-order valence-corrected chi connectivity index (χ1v) is 12.0. The number of benzene rings is 3. The van der Waals surface area contributed by atoms with Gasteiger partial charge in [-0.3, -0.25) is 14.9 Å². The van der Waals surface area contributed by atoms with Crippen LogP contribution in [0.25, 0.3) is 0 Å². The number of hydrogen-bond donors (Lipinski definition) is 1. The summed E-state index contributed by atoms with van der Waals surface area (Å²) in [7, 11) is 0. The molecule has 36 heavy (non-hydrogen) atoms. The first-order valence-electron chi connectivity index (χ1n) is 10.0. The molecule has 1 aromatic heterocycles. The number of non-ortho nitro benzene ring substituents is 1. The van der Waals surface area contributed by atoms with Crippen molar-refractivity contribution in [3.8, 4) is 17.2 Å². The summed E-state index contributed by atoms with van der Waals surface area (Å²) < 4.78 is 13.5. The van der Waals surface area contributed by atoms with Crippen molar-refractivity contribution < 1.29 is 19.2 Å². The maximum absolute atomic E-state index is 12.7. The van der Waals surface area contributed by atoms with Gasteiger partial charge >= 0.3 is 0 Å². The maximum Gasteiger partial charge on any atom is 0.276 e. The van der Waals surface area contributed by atoms with Crippen molar-refractivity contribution in [2.45, 2.75) is 6.73 Å². The van der Waals surface area contributed by atoms with E-state index in [1.807, 2.05) is 0 Å². The predicted octanol–water partition coefficient (Wildman–Crippen LogP) is 7.60. The van der Waals surface area contributed by atoms with Gasteiger partial charge in [0.05, 0.1) is 26.7 Å². The van der Waals surface area contributed by atoms with E-state index in [0.717, 1.165) is 4.47 Å². The van der Waals surface area contributed by atoms with E-state index in [0.29, 0.717) is 15.8 Å². The van der Waals surface area contributed by atoms with Crippen molar-refractivity contribution in [2.75, 3.05) is 5.32 Å². The number of carbonyl (C=O) groups excluding carboxylic acids is 1. The molecule has 0 saturated carbocycles. The van der Waals surface area contributed by atoms with E-state index in [1.54, 1.807) is 30.5 Å². The topological polar surface area (TPSA) is 109 Å². The Balaban J connectivity index is 1.48. The molecular formula is C23H14BrCl3N4O5. The molecular weight excluding hydrogens is 599 g/mol. The van der Waals surface area contributed by atoms with Gasteiger partial charge in [0, 0.05) is 27.8 Å². The molecule has 1 heterocycles. The molecule has 0 aliphatic carbocycles. The van der Waals surface area contributed by atoms with Gasteiger partial charge in [-0.1, -0.05) is 50.7 Å². The summed E-state index contributed by atoms with van der Waals surface area (Å²) in [6.07, 6.45) is 1.55. The van der Waals surface area contributed by atoms with Crippen LogP contribution >= 0.6 is 50.7 Å². The lowest BCUT2D eigenvalue weighted by molar-refractivity contribution is -0.384. The third-order valence-electron chi connectivity index (χ3n) is 4.60. The average molecular weight is 613 g/mol. The van der Waals surface area contributed by atoms with Gasteiger partial charge in [0.15, 0.2) is 12.4 Å². The summed E-state index contributed by atoms with van der Waals surface area (Å²) in [5.41, 5.74) is -0.102. The van der Waals surface area contributed by atoms with E-state index >= 15 is 0 Å². The molecule has 3 aromatic carbocycles. The molecule has 0 saturated heterocycles. The second kappa shape index (κ2) is 11.2. The Labute approximate surface area is 227 Å². The summed E-state index contributed by atoms with van der Waals surface area (Å²) >= 11 is 21.5. The van der Waals surface area contributed by atoms with Crippen molar-refractivity contribution in [1.29, 1.82) is 0 Å². The van der Waals surface area contributed by atoms with Crippen LogP contribution in [0.15, 0.2) is 71.3 Å². The monoisotopic (exact) mass is 610 g/mol. The third kappa shape index (κ3) is 6.46. The minimum atomic E-state index is -0.606. The molecule has 0 fully saturated rings. The average Bonchev–Trinajstić information content (AvgIpc) is 3.29. The number of nitrogens with one attached hydrogen (secondary N) is 1. The first-order chi connectivity index (χ1) is 17.2. The molecule has 0 aliphatic rings. The molecule has 13 heteroatoms. The fourth-order valence-electron chi connectivity index (χ4n) is 2.98. The van der Waals surface area contributed by atoms with Crippen LogP contribution in [0.4, 0.5) is 11.4 Å². The minimum Gasteiger partial charge on any atom is -0.470 e. The van der Waals surface area contributed by atoms with Gasteiger partial charge in [0.1, 0.15) is 17.2 Å². The number of hydrogen-bond acceptors (Lipinski definition) is 6. The second-order valence-electron chi connectivity index (χ2n) is 7.19. The van der Waals surface area contributed by atoms with Crippen LogP contribution in [0.2, 0.25) is 15.1 Å². The lowest BCUT2D eigenvalue weighted by Gasteiger charge is -2.10. The van der Waals surface area contributed by atoms with Crippen LogP contribution < -0.4 is 14.8 Å². The maximum atomic E-state index is 12.7. The van der Waals surface area contributed by atoms with Crippen LogP contribution in [0.5, 0.6) is 17.2 Å². The van der Waals surface area contributed by atoms with Crippen molar-refractivity contribution >= 4 is 68.0 Å². The van der Waals surface area contributed by atoms with E-state index in [4.69, 9.17) is 44.3 Å². The highest BCUT2D eigenvalue weighted by atomic mass is 79.9. The zero-order chi connectivity index (χ0) is 25.8. The molecule has 1 amide bonds. The van der Waals surface area contributed by atoms with E-state index in [-0.39, 0.29) is 40.3 Å². The minimum absolute atomic E-state index is 0.00524. The van der Waals surface area contributed by atoms with Gasteiger partial charge in [0.25, 0.3) is 11.6 Å². The van der Waals surface area contributed by atoms with Crippen LogP contribution in [0.1, 0.15) is 10.5 Å². The molecule has 0 radical (unpaired) electrons. The molecule has 0 spiro atoms. The zero-order valence-electron chi connectivity index (χ0n) is 18.0. The molecule has 1 N–H and O–H groups in total. The molecule has 4 aromatic rings. The van der Waals surface area contributed by atoms with Gasteiger partial charge in [-0.15, -0.1) is 0 Å². The van der Waals surface area contributed by atoms with Gasteiger partial charge in [-0.2, -0.15) is 5.10 Å². The third-order valence-corrected chi connectivity index (χ3v) is 5.92. The number of nitro groups is 1. The smallest absolute Gasteiger partial charge is 0.276 e. The lowest BCUT2D eigenvalue weighted by atomic mass is 10.2. The number of halogens is 4. The summed E-state index contributed by atoms with van der Waals surface area (Å²) in [5.74, 6) is 0.190. The fourth-order valence-corrected chi connectivity index (χ4v) is 4.16. The normalized spacial score (nSPS) is 10.7. The van der Waals surface area contributed by atoms with Crippen molar-refractivity contribution in [1.82, 2.24) is 9.78 Å². The lowest BCUT2D eigenvalue weighted by Crippen LogP contribution is -2.14. The SMILES string of the molecule is O=C(Nc1cc(Oc2ccc(Cl)cc2Cl)cc([N+](=O)[O-])c1)c1ccn(COc2ccc(Br)cc2Cl)n1. The van der Waals surface area contributed by atoms with Crippen molar-refractivity contribution in [2.24, 2.45) is 0 Å². The van der Waals surface area contributed by atoms with Gasteiger partial charge < -0.3 is 14.8 Å². The number of ether oxygens (including phenoxy) is 2. The molecule has 0 unspecified atom stereocenters. The van der Waals surface area contributed by atoms with Gasteiger partial charge in [-0.25, -0.2) is 4.68 Å². The molecule has 0 atom stereocenters. The summed E-state index contributed by atoms with van der Waals surface area (Å²) in [4.78, 5) is 23.5. The van der Waals surface area contributed by atoms with Crippen LogP contribution in [-0.2, 0) is 6.73 Å². The molecule has 184 valence electrons. The molecule has 0 bridgehead atoms. The van der Waals surface area contributed by atoms with Gasteiger partial charge in [0.2, 0.25) is 0 Å². The number of amides is 1. The Hall–Kier alpha value is -3.31. The highest BCUT2D eigenvalue weighted by molar-refractivity contribution is 9.10. The second-order valence-corrected chi connectivity index (χ2v) is 9.36. The van der Waals surface area contributed by atoms with Crippen LogP contribution in [0, 0.1) is 10.1 Å². The summed E-state index contributed by atoms with van der Waals surface area (Å²) in [6.45, 7) is 0.00524. The fraction of sp³-hybridized carbons (Fsp3) is 0.0435. The Morgan fingerprint density at radius 2 is 1.78 bits per heavy atom. The van der Waals surface area contributed by atoms with E-state index in [2.05, 4.69) is 26.3 Å². The van der Waals surface area contributed by atoms with Crippen molar-refractivity contribution in [3.63, 3.8) is 0 Å². The number of carbonyl (C=O) groups is 1. The highest BCUT2D eigenvalue weighted by Crippen LogP contribution is 2.35. The summed E-state index contributed by atoms with van der Waals surface area (Å²) in [5, 5.41) is 19.2. The van der Waals surface area contributed by atoms with Crippen LogP contribution in [0.3, 0.4) is 0 Å². The largest absolute Gasteiger partial charge is 0.470 e. The highest BCUT2D eigenvalue weighted by Gasteiger charge is 2.16. The zero-order valence-corrected chi connectivity index (χ0v) is 21.8. The Morgan fingerprint density at radius 3 is 2.50 bits per heavy atom. The number of nitro benzene ring substituents is 1. The first kappa shape index (κ1) is 25.8. The van der Waals surface area contributed by atoms with Gasteiger partial charge in [-0.05, 0) is 42.5 Å². The van der Waals surface area contributed by atoms with E-state index in [9.17, 15) is 14.9 Å². The Bertz CT molecular complexity index is 1460. The predicted molar refractivity (Wildman–Crippen MR) is 140 cm³/mol. The van der Waals surface area contributed by atoms with E-state index in [1.165, 1.54) is 41.1 Å². The van der Waals surface area contributed by atoms with Crippen molar-refractivity contribution in [3.05, 3.63) is 102 Å².